The van der Waals surface area contributed by atoms with Gasteiger partial charge in [-0.1, -0.05) is 24.3 Å². The maximum Gasteiger partial charge on any atom is 0.337 e. The Labute approximate surface area is 138 Å². The molecule has 0 unspecified atom stereocenters. The number of carbonyl (C=O) groups excluding carboxylic acids is 2. The number of anilines is 1. The summed E-state index contributed by atoms with van der Waals surface area (Å²) in [6.45, 7) is 0. The van der Waals surface area contributed by atoms with Gasteiger partial charge < -0.3 is 10.1 Å². The Morgan fingerprint density at radius 3 is 2.74 bits per heavy atom. The molecule has 1 heterocycles. The molecule has 1 amide bonds. The first-order valence-corrected chi connectivity index (χ1v) is 8.25. The minimum atomic E-state index is -0.424. The summed E-state index contributed by atoms with van der Waals surface area (Å²) in [6.07, 6.45) is 3.88. The highest BCUT2D eigenvalue weighted by Crippen LogP contribution is 2.35. The summed E-state index contributed by atoms with van der Waals surface area (Å²) in [7, 11) is 1.33. The maximum absolute atomic E-state index is 12.3. The van der Waals surface area contributed by atoms with E-state index in [1.807, 2.05) is 36.6 Å². The van der Waals surface area contributed by atoms with Gasteiger partial charge in [0.15, 0.2) is 0 Å². The standard InChI is InChI=1S/C18H15NO3S/c1-22-18(21)12-7-8-13-14(17(20)19-15(13)10-12)9-11-5-3-4-6-16(11)23-2/h3-10H,1-2H3,(H,19,20)/b14-9+. The van der Waals surface area contributed by atoms with Crippen molar-refractivity contribution in [2.24, 2.45) is 0 Å². The van der Waals surface area contributed by atoms with Crippen LogP contribution in [0.2, 0.25) is 0 Å². The highest BCUT2D eigenvalue weighted by atomic mass is 32.2. The number of fused-ring (bicyclic) bond motifs is 1. The number of thioether (sulfide) groups is 1. The molecule has 116 valence electrons. The molecule has 0 aliphatic carbocycles. The summed E-state index contributed by atoms with van der Waals surface area (Å²) < 4.78 is 4.71. The molecule has 4 nitrogen and oxygen atoms in total. The lowest BCUT2D eigenvalue weighted by molar-refractivity contribution is -0.110. The zero-order chi connectivity index (χ0) is 16.4. The van der Waals surface area contributed by atoms with Crippen molar-refractivity contribution in [3.05, 3.63) is 59.2 Å². The van der Waals surface area contributed by atoms with Crippen molar-refractivity contribution >= 4 is 41.0 Å². The Bertz CT molecular complexity index is 827. The van der Waals surface area contributed by atoms with Gasteiger partial charge in [0.2, 0.25) is 0 Å². The molecule has 0 aromatic heterocycles. The van der Waals surface area contributed by atoms with Crippen LogP contribution in [0.5, 0.6) is 0 Å². The Kier molecular flexibility index (Phi) is 4.21. The van der Waals surface area contributed by atoms with Gasteiger partial charge >= 0.3 is 5.97 Å². The Hall–Kier alpha value is -2.53. The number of hydrogen-bond donors (Lipinski definition) is 1. The number of carbonyl (C=O) groups is 2. The zero-order valence-electron chi connectivity index (χ0n) is 12.8. The van der Waals surface area contributed by atoms with E-state index >= 15 is 0 Å². The van der Waals surface area contributed by atoms with Crippen molar-refractivity contribution in [3.63, 3.8) is 0 Å². The van der Waals surface area contributed by atoms with E-state index in [4.69, 9.17) is 4.74 Å². The van der Waals surface area contributed by atoms with Crippen LogP contribution in [0.3, 0.4) is 0 Å². The van der Waals surface area contributed by atoms with Crippen LogP contribution < -0.4 is 5.32 Å². The minimum Gasteiger partial charge on any atom is -0.465 e. The summed E-state index contributed by atoms with van der Waals surface area (Å²) in [4.78, 5) is 25.0. The molecule has 0 spiro atoms. The first kappa shape index (κ1) is 15.4. The smallest absolute Gasteiger partial charge is 0.337 e. The first-order valence-electron chi connectivity index (χ1n) is 7.03. The van der Waals surface area contributed by atoms with Gasteiger partial charge in [-0.2, -0.15) is 0 Å². The fourth-order valence-electron chi connectivity index (χ4n) is 2.52. The molecule has 1 aliphatic heterocycles. The number of benzene rings is 2. The van der Waals surface area contributed by atoms with Crippen LogP contribution in [-0.4, -0.2) is 25.2 Å². The predicted molar refractivity (Wildman–Crippen MR) is 92.5 cm³/mol. The summed E-state index contributed by atoms with van der Waals surface area (Å²) in [5.74, 6) is -0.592. The van der Waals surface area contributed by atoms with E-state index in [0.717, 1.165) is 16.0 Å². The van der Waals surface area contributed by atoms with Crippen LogP contribution in [0.1, 0.15) is 21.5 Å². The lowest BCUT2D eigenvalue weighted by atomic mass is 10.0. The second-order valence-corrected chi connectivity index (χ2v) is 5.85. The molecule has 0 bridgehead atoms. The molecule has 5 heteroatoms. The SMILES string of the molecule is COC(=O)c1ccc2c(c1)NC(=O)/C2=C/c1ccccc1SC. The quantitative estimate of drug-likeness (QED) is 0.531. The molecule has 2 aromatic rings. The Morgan fingerprint density at radius 1 is 1.22 bits per heavy atom. The molecule has 23 heavy (non-hydrogen) atoms. The van der Waals surface area contributed by atoms with E-state index in [-0.39, 0.29) is 5.91 Å². The molecule has 0 fully saturated rings. The molecular weight excluding hydrogens is 310 g/mol. The topological polar surface area (TPSA) is 55.4 Å². The number of methoxy groups -OCH3 is 1. The number of hydrogen-bond acceptors (Lipinski definition) is 4. The van der Waals surface area contributed by atoms with Crippen molar-refractivity contribution in [1.82, 2.24) is 0 Å². The van der Waals surface area contributed by atoms with Crippen LogP contribution in [0, 0.1) is 0 Å². The van der Waals surface area contributed by atoms with E-state index in [0.29, 0.717) is 16.8 Å². The van der Waals surface area contributed by atoms with Gasteiger partial charge in [0, 0.05) is 21.7 Å². The van der Waals surface area contributed by atoms with Gasteiger partial charge in [-0.15, -0.1) is 11.8 Å². The average Bonchev–Trinajstić information content (AvgIpc) is 2.89. The second kappa shape index (κ2) is 6.30. The highest BCUT2D eigenvalue weighted by Gasteiger charge is 2.25. The molecule has 0 saturated carbocycles. The third-order valence-corrected chi connectivity index (χ3v) is 4.47. The lowest BCUT2D eigenvalue weighted by Gasteiger charge is -2.04. The molecule has 1 aliphatic rings. The number of nitrogens with one attached hydrogen (secondary N) is 1. The van der Waals surface area contributed by atoms with E-state index in [2.05, 4.69) is 5.32 Å². The summed E-state index contributed by atoms with van der Waals surface area (Å²) in [6, 6.07) is 13.0. The molecule has 3 rings (SSSR count). The Morgan fingerprint density at radius 2 is 2.00 bits per heavy atom. The Balaban J connectivity index is 2.05. The first-order chi connectivity index (χ1) is 11.1. The number of esters is 1. The molecule has 2 aromatic carbocycles. The van der Waals surface area contributed by atoms with Gasteiger partial charge in [-0.05, 0) is 36.1 Å². The monoisotopic (exact) mass is 325 g/mol. The third kappa shape index (κ3) is 2.87. The fraction of sp³-hybridized carbons (Fsp3) is 0.111. The van der Waals surface area contributed by atoms with Crippen molar-refractivity contribution in [3.8, 4) is 0 Å². The van der Waals surface area contributed by atoms with Crippen molar-refractivity contribution in [2.75, 3.05) is 18.7 Å². The lowest BCUT2D eigenvalue weighted by Crippen LogP contribution is -2.04. The predicted octanol–water partition coefficient (Wildman–Crippen LogP) is 3.69. The van der Waals surface area contributed by atoms with Gasteiger partial charge in [-0.25, -0.2) is 4.79 Å². The summed E-state index contributed by atoms with van der Waals surface area (Å²) in [5.41, 5.74) is 3.43. The third-order valence-electron chi connectivity index (χ3n) is 3.66. The largest absolute Gasteiger partial charge is 0.465 e. The van der Waals surface area contributed by atoms with Crippen LogP contribution in [0.25, 0.3) is 11.6 Å². The average molecular weight is 325 g/mol. The number of ether oxygens (including phenoxy) is 1. The molecule has 1 N–H and O–H groups in total. The number of rotatable bonds is 3. The summed E-state index contributed by atoms with van der Waals surface area (Å²) in [5, 5.41) is 2.80. The zero-order valence-corrected chi connectivity index (χ0v) is 13.6. The van der Waals surface area contributed by atoms with Crippen LogP contribution in [-0.2, 0) is 9.53 Å². The van der Waals surface area contributed by atoms with Gasteiger partial charge in [0.25, 0.3) is 5.91 Å². The summed E-state index contributed by atoms with van der Waals surface area (Å²) >= 11 is 1.63. The molecular formula is C18H15NO3S. The number of amides is 1. The van der Waals surface area contributed by atoms with E-state index in [1.54, 1.807) is 30.0 Å². The van der Waals surface area contributed by atoms with E-state index in [9.17, 15) is 9.59 Å². The van der Waals surface area contributed by atoms with Crippen molar-refractivity contribution < 1.29 is 14.3 Å². The van der Waals surface area contributed by atoms with Gasteiger partial charge in [-0.3, -0.25) is 4.79 Å². The fourth-order valence-corrected chi connectivity index (χ4v) is 3.10. The highest BCUT2D eigenvalue weighted by molar-refractivity contribution is 7.98. The van der Waals surface area contributed by atoms with Crippen molar-refractivity contribution in [1.29, 1.82) is 0 Å². The van der Waals surface area contributed by atoms with Crippen LogP contribution >= 0.6 is 11.8 Å². The van der Waals surface area contributed by atoms with Crippen molar-refractivity contribution in [2.45, 2.75) is 4.90 Å². The molecule has 0 radical (unpaired) electrons. The van der Waals surface area contributed by atoms with E-state index < -0.39 is 5.97 Å². The van der Waals surface area contributed by atoms with E-state index in [1.165, 1.54) is 7.11 Å². The minimum absolute atomic E-state index is 0.169. The van der Waals surface area contributed by atoms with Crippen LogP contribution in [0.4, 0.5) is 5.69 Å². The normalized spacial score (nSPS) is 14.5. The van der Waals surface area contributed by atoms with Gasteiger partial charge in [0.1, 0.15) is 0 Å². The molecule has 0 atom stereocenters. The molecule has 0 saturated heterocycles. The second-order valence-electron chi connectivity index (χ2n) is 5.01. The van der Waals surface area contributed by atoms with Crippen LogP contribution in [0.15, 0.2) is 47.4 Å². The van der Waals surface area contributed by atoms with Gasteiger partial charge in [0.05, 0.1) is 12.7 Å². The maximum atomic E-state index is 12.3.